The second-order valence-corrected chi connectivity index (χ2v) is 2.66. The summed E-state index contributed by atoms with van der Waals surface area (Å²) in [5, 5.41) is 0. The van der Waals surface area contributed by atoms with Crippen LogP contribution in [0.1, 0.15) is 12.5 Å². The first-order valence-corrected chi connectivity index (χ1v) is 3.87. The van der Waals surface area contributed by atoms with Gasteiger partial charge in [-0.05, 0) is 18.1 Å². The van der Waals surface area contributed by atoms with Gasteiger partial charge in [-0.15, -0.1) is 5.53 Å². The van der Waals surface area contributed by atoms with E-state index in [0.717, 1.165) is 23.5 Å². The zero-order valence-corrected chi connectivity index (χ0v) is 6.81. The molecule has 1 aromatic rings. The zero-order valence-electron chi connectivity index (χ0n) is 6.81. The highest BCUT2D eigenvalue weighted by Crippen LogP contribution is 2.28. The predicted molar refractivity (Wildman–Crippen MR) is 48.4 cm³/mol. The van der Waals surface area contributed by atoms with Crippen molar-refractivity contribution in [2.45, 2.75) is 13.3 Å². The van der Waals surface area contributed by atoms with E-state index < -0.39 is 0 Å². The molecule has 1 aromatic heterocycles. The average molecular weight is 165 g/mol. The van der Waals surface area contributed by atoms with Crippen LogP contribution in [0.15, 0.2) is 6.07 Å². The lowest BCUT2D eigenvalue weighted by molar-refractivity contribution is 0.996. The highest BCUT2D eigenvalue weighted by molar-refractivity contribution is 5.73. The molecule has 0 aliphatic carbocycles. The minimum absolute atomic E-state index is 0.545. The standard InChI is InChI=1S/C7H11N5/c1-2-4-3-5(8)9-7-6(4)10-12-11-7/h3,10,12H,2H2,1H3,(H3,8,9,11). The van der Waals surface area contributed by atoms with Crippen LogP contribution >= 0.6 is 0 Å². The van der Waals surface area contributed by atoms with Crippen LogP contribution in [-0.4, -0.2) is 4.98 Å². The van der Waals surface area contributed by atoms with Gasteiger partial charge in [0.15, 0.2) is 5.82 Å². The summed E-state index contributed by atoms with van der Waals surface area (Å²) in [5.41, 5.74) is 16.4. The van der Waals surface area contributed by atoms with Gasteiger partial charge in [-0.2, -0.15) is 0 Å². The molecule has 5 heteroatoms. The Balaban J connectivity index is 2.55. The second kappa shape index (κ2) is 2.53. The minimum Gasteiger partial charge on any atom is -0.384 e. The number of rotatable bonds is 1. The normalized spacial score (nSPS) is 13.4. The van der Waals surface area contributed by atoms with E-state index in [-0.39, 0.29) is 0 Å². The van der Waals surface area contributed by atoms with Crippen LogP contribution in [-0.2, 0) is 6.42 Å². The van der Waals surface area contributed by atoms with Gasteiger partial charge in [0, 0.05) is 0 Å². The smallest absolute Gasteiger partial charge is 0.169 e. The fraction of sp³-hybridized carbons (Fsp3) is 0.286. The topological polar surface area (TPSA) is 75.0 Å². The van der Waals surface area contributed by atoms with E-state index in [1.54, 1.807) is 0 Å². The molecule has 64 valence electrons. The van der Waals surface area contributed by atoms with Crippen molar-refractivity contribution in [2.24, 2.45) is 0 Å². The van der Waals surface area contributed by atoms with Crippen LogP contribution < -0.4 is 22.1 Å². The Kier molecular flexibility index (Phi) is 1.51. The van der Waals surface area contributed by atoms with Crippen molar-refractivity contribution < 1.29 is 0 Å². The summed E-state index contributed by atoms with van der Waals surface area (Å²) in [6.07, 6.45) is 0.936. The van der Waals surface area contributed by atoms with Crippen LogP contribution in [0.3, 0.4) is 0 Å². The third-order valence-electron chi connectivity index (χ3n) is 1.87. The molecule has 0 unspecified atom stereocenters. The molecule has 0 fully saturated rings. The number of hydrogen-bond donors (Lipinski definition) is 4. The third kappa shape index (κ3) is 0.947. The highest BCUT2D eigenvalue weighted by Gasteiger charge is 2.14. The molecule has 0 saturated carbocycles. The quantitative estimate of drug-likeness (QED) is 0.487. The molecule has 0 radical (unpaired) electrons. The molecule has 0 aromatic carbocycles. The largest absolute Gasteiger partial charge is 0.384 e. The first kappa shape index (κ1) is 7.17. The Morgan fingerprint density at radius 2 is 2.33 bits per heavy atom. The van der Waals surface area contributed by atoms with Crippen LogP contribution in [0, 0.1) is 0 Å². The van der Waals surface area contributed by atoms with Crippen molar-refractivity contribution in [3.63, 3.8) is 0 Å². The summed E-state index contributed by atoms with van der Waals surface area (Å²) >= 11 is 0. The first-order valence-electron chi connectivity index (χ1n) is 3.87. The number of aromatic nitrogens is 1. The molecule has 2 heterocycles. The van der Waals surface area contributed by atoms with E-state index in [1.807, 2.05) is 6.07 Å². The SMILES string of the molecule is CCc1cc(N)nc2c1NNN2. The second-order valence-electron chi connectivity index (χ2n) is 2.66. The van der Waals surface area contributed by atoms with E-state index in [2.05, 4.69) is 28.3 Å². The zero-order chi connectivity index (χ0) is 8.55. The van der Waals surface area contributed by atoms with Crippen molar-refractivity contribution >= 4 is 17.3 Å². The lowest BCUT2D eigenvalue weighted by Gasteiger charge is -2.04. The molecular formula is C7H11N5. The fourth-order valence-electron chi connectivity index (χ4n) is 1.28. The molecule has 1 aliphatic rings. The number of pyridine rings is 1. The number of anilines is 3. The summed E-state index contributed by atoms with van der Waals surface area (Å²) in [7, 11) is 0. The minimum atomic E-state index is 0.545. The maximum absolute atomic E-state index is 5.60. The summed E-state index contributed by atoms with van der Waals surface area (Å²) in [6.45, 7) is 2.08. The molecule has 2 rings (SSSR count). The molecule has 0 saturated heterocycles. The maximum atomic E-state index is 5.60. The molecule has 0 atom stereocenters. The Morgan fingerprint density at radius 3 is 3.08 bits per heavy atom. The lowest BCUT2D eigenvalue weighted by Crippen LogP contribution is -2.19. The Bertz CT molecular complexity index is 309. The van der Waals surface area contributed by atoms with Gasteiger partial charge in [-0.1, -0.05) is 6.92 Å². The van der Waals surface area contributed by atoms with E-state index in [0.29, 0.717) is 5.82 Å². The lowest BCUT2D eigenvalue weighted by atomic mass is 10.1. The van der Waals surface area contributed by atoms with Crippen molar-refractivity contribution in [1.29, 1.82) is 0 Å². The number of nitrogens with one attached hydrogen (secondary N) is 3. The van der Waals surface area contributed by atoms with Crippen LogP contribution in [0.5, 0.6) is 0 Å². The molecule has 0 bridgehead atoms. The number of fused-ring (bicyclic) bond motifs is 1. The van der Waals surface area contributed by atoms with E-state index >= 15 is 0 Å². The molecule has 5 nitrogen and oxygen atoms in total. The number of nitrogens with zero attached hydrogens (tertiary/aromatic N) is 1. The number of nitrogen functional groups attached to an aromatic ring is 1. The monoisotopic (exact) mass is 165 g/mol. The predicted octanol–water partition coefficient (Wildman–Crippen LogP) is 0.483. The molecule has 5 N–H and O–H groups in total. The molecule has 0 spiro atoms. The summed E-state index contributed by atoms with van der Waals surface area (Å²) in [4.78, 5) is 4.10. The number of nitrogens with two attached hydrogens (primary N) is 1. The molecular weight excluding hydrogens is 154 g/mol. The van der Waals surface area contributed by atoms with Crippen LogP contribution in [0.2, 0.25) is 0 Å². The van der Waals surface area contributed by atoms with Gasteiger partial charge in [0.2, 0.25) is 0 Å². The van der Waals surface area contributed by atoms with Gasteiger partial charge >= 0.3 is 0 Å². The molecule has 0 amide bonds. The van der Waals surface area contributed by atoms with Crippen molar-refractivity contribution in [3.8, 4) is 0 Å². The Hall–Kier alpha value is -1.49. The fourth-order valence-corrected chi connectivity index (χ4v) is 1.28. The average Bonchev–Trinajstić information content (AvgIpc) is 2.50. The van der Waals surface area contributed by atoms with Crippen molar-refractivity contribution in [1.82, 2.24) is 10.5 Å². The van der Waals surface area contributed by atoms with Gasteiger partial charge in [-0.3, -0.25) is 5.43 Å². The van der Waals surface area contributed by atoms with Crippen LogP contribution in [0.25, 0.3) is 0 Å². The van der Waals surface area contributed by atoms with Crippen molar-refractivity contribution in [3.05, 3.63) is 11.6 Å². The summed E-state index contributed by atoms with van der Waals surface area (Å²) in [5.74, 6) is 1.32. The van der Waals surface area contributed by atoms with Gasteiger partial charge in [0.25, 0.3) is 0 Å². The Morgan fingerprint density at radius 1 is 1.50 bits per heavy atom. The van der Waals surface area contributed by atoms with Gasteiger partial charge in [0.05, 0.1) is 5.69 Å². The third-order valence-corrected chi connectivity index (χ3v) is 1.87. The first-order chi connectivity index (χ1) is 5.81. The maximum Gasteiger partial charge on any atom is 0.169 e. The van der Waals surface area contributed by atoms with Gasteiger partial charge in [-0.25, -0.2) is 4.98 Å². The van der Waals surface area contributed by atoms with E-state index in [1.165, 1.54) is 0 Å². The summed E-state index contributed by atoms with van der Waals surface area (Å²) < 4.78 is 0. The molecule has 12 heavy (non-hydrogen) atoms. The number of aryl methyl sites for hydroxylation is 1. The number of hydrazine groups is 2. The highest BCUT2D eigenvalue weighted by atomic mass is 15.6. The van der Waals surface area contributed by atoms with E-state index in [4.69, 9.17) is 5.73 Å². The van der Waals surface area contributed by atoms with Crippen molar-refractivity contribution in [2.75, 3.05) is 16.6 Å². The van der Waals surface area contributed by atoms with Gasteiger partial charge < -0.3 is 11.2 Å². The number of hydrogen-bond acceptors (Lipinski definition) is 5. The van der Waals surface area contributed by atoms with Gasteiger partial charge in [0.1, 0.15) is 5.82 Å². The molecule has 1 aliphatic heterocycles. The summed E-state index contributed by atoms with van der Waals surface area (Å²) in [6, 6.07) is 1.88. The van der Waals surface area contributed by atoms with E-state index in [9.17, 15) is 0 Å². The Labute approximate surface area is 70.3 Å². The van der Waals surface area contributed by atoms with Crippen LogP contribution in [0.4, 0.5) is 17.3 Å².